The predicted octanol–water partition coefficient (Wildman–Crippen LogP) is 1.28. The molecule has 1 heterocycles. The first-order chi connectivity index (χ1) is 26.9. The van der Waals surface area contributed by atoms with E-state index in [2.05, 4.69) is 5.32 Å². The van der Waals surface area contributed by atoms with Gasteiger partial charge in [-0.2, -0.15) is 0 Å². The van der Waals surface area contributed by atoms with Crippen LogP contribution >= 0.6 is 0 Å². The largest absolute Gasteiger partial charge is 0.456 e. The molecule has 1 saturated heterocycles. The second kappa shape index (κ2) is 15.1. The fourth-order valence-electron chi connectivity index (χ4n) is 9.74. The first kappa shape index (κ1) is 43.3. The van der Waals surface area contributed by atoms with Crippen LogP contribution in [0.5, 0.6) is 0 Å². The first-order valence-electron chi connectivity index (χ1n) is 19.3. The molecule has 2 saturated carbocycles. The summed E-state index contributed by atoms with van der Waals surface area (Å²) >= 11 is 0. The van der Waals surface area contributed by atoms with Crippen molar-refractivity contribution in [3.8, 4) is 0 Å². The molecular weight excluding hydrogens is 771 g/mol. The Morgan fingerprint density at radius 1 is 0.948 bits per heavy atom. The predicted molar refractivity (Wildman–Crippen MR) is 207 cm³/mol. The van der Waals surface area contributed by atoms with E-state index in [1.807, 2.05) is 0 Å². The van der Waals surface area contributed by atoms with Crippen LogP contribution in [0.1, 0.15) is 76.3 Å². The number of hydrogen-bond donors (Lipinski definition) is 6. The summed E-state index contributed by atoms with van der Waals surface area (Å²) in [5.74, 6) is -5.86. The topological polar surface area (TPSA) is 235 Å². The number of hydrogen-bond acceptors (Lipinski definition) is 14. The van der Waals surface area contributed by atoms with Crippen LogP contribution in [-0.4, -0.2) is 118 Å². The molecule has 3 fully saturated rings. The zero-order valence-electron chi connectivity index (χ0n) is 33.8. The summed E-state index contributed by atoms with van der Waals surface area (Å²) < 4.78 is 23.3. The van der Waals surface area contributed by atoms with Crippen LogP contribution in [0.3, 0.4) is 0 Å². The van der Waals surface area contributed by atoms with Crippen LogP contribution in [0.25, 0.3) is 0 Å². The van der Waals surface area contributed by atoms with Crippen LogP contribution in [-0.2, 0) is 38.1 Å². The van der Waals surface area contributed by atoms with Crippen LogP contribution in [0.4, 0.5) is 0 Å². The van der Waals surface area contributed by atoms with E-state index >= 15 is 4.79 Å². The molecule has 16 heteroatoms. The molecule has 15 nitrogen and oxygen atoms in total. The first-order valence-corrected chi connectivity index (χ1v) is 22.3. The van der Waals surface area contributed by atoms with Crippen molar-refractivity contribution >= 4 is 43.1 Å². The molecule has 11 atom stereocenters. The highest BCUT2D eigenvalue weighted by Gasteiger charge is 2.77. The fourth-order valence-corrected chi connectivity index (χ4v) is 10.7. The maximum Gasteiger partial charge on any atom is 0.338 e. The number of rotatable bonds is 9. The van der Waals surface area contributed by atoms with Gasteiger partial charge in [-0.3, -0.25) is 19.2 Å². The molecule has 0 spiro atoms. The van der Waals surface area contributed by atoms with Gasteiger partial charge >= 0.3 is 17.9 Å². The van der Waals surface area contributed by atoms with E-state index in [9.17, 15) is 44.4 Å². The van der Waals surface area contributed by atoms with E-state index in [1.54, 1.807) is 67.7 Å². The smallest absolute Gasteiger partial charge is 0.338 e. The maximum absolute atomic E-state index is 15.0. The highest BCUT2D eigenvalue weighted by Crippen LogP contribution is 2.63. The number of Topliss-reactive ketones (excluding diaryl/α,β-unsaturated/α-hetero) is 1. The Morgan fingerprint density at radius 3 is 2.10 bits per heavy atom. The Labute approximate surface area is 337 Å². The standard InChI is InChI=1S/C42H53NO14Si/c1-21-27(56-38(51)32(47)31(43-37(50)25-12-10-9-11-13-25)24-14-16-26(17-15-24)58(7,8)53)19-42(52)36(49)34-40(6,28(46)18-29-41(34,20-54-29)57-23(3)45)35(48)33(55-22(2)44)30(21)39(42,4)5/h9-17,27-29,31-34,36,46-47,49,52-53H,18-20H2,1-8H3,(H,43,50)/t27-,28-,29+,31-,32+,33+,34-,36-,40+,41-,42+/m0/s1. The van der Waals surface area contributed by atoms with Crippen molar-refractivity contribution in [2.45, 2.75) is 121 Å². The summed E-state index contributed by atoms with van der Waals surface area (Å²) in [7, 11) is -2.75. The molecule has 4 aliphatic rings. The monoisotopic (exact) mass is 823 g/mol. The van der Waals surface area contributed by atoms with E-state index < -0.39 is 115 Å². The lowest BCUT2D eigenvalue weighted by Gasteiger charge is -2.67. The van der Waals surface area contributed by atoms with Gasteiger partial charge in [-0.15, -0.1) is 0 Å². The van der Waals surface area contributed by atoms with Gasteiger partial charge in [0, 0.05) is 43.6 Å². The second-order valence-corrected chi connectivity index (χ2v) is 21.1. The van der Waals surface area contributed by atoms with Crippen molar-refractivity contribution in [1.29, 1.82) is 0 Å². The average molecular weight is 824 g/mol. The Balaban J connectivity index is 1.44. The molecular formula is C42H53NO14Si. The molecule has 0 unspecified atom stereocenters. The summed E-state index contributed by atoms with van der Waals surface area (Å²) in [6, 6.07) is 13.2. The minimum Gasteiger partial charge on any atom is -0.456 e. The summed E-state index contributed by atoms with van der Waals surface area (Å²) in [6.07, 6.45) is -10.4. The number of ketones is 1. The number of amides is 1. The fraction of sp³-hybridized carbons (Fsp3) is 0.548. The van der Waals surface area contributed by atoms with Gasteiger partial charge in [0.1, 0.15) is 17.8 Å². The molecule has 3 aliphatic carbocycles. The van der Waals surface area contributed by atoms with Crippen molar-refractivity contribution in [3.05, 3.63) is 76.9 Å². The SMILES string of the molecule is CC(=O)O[C@H]1C(=O)[C@@]2(C)[C@H]([C@H](O)[C@]3(O)C[C@H](OC(=O)[C@H](O)[C@@H](NC(=O)c4ccccc4)c4ccc([Si](C)(C)O)cc4)C(C)=C1C3(C)C)[C@]1(OC(C)=O)CO[C@@H]1C[C@@H]2O. The normalized spacial score (nSPS) is 33.8. The van der Waals surface area contributed by atoms with Gasteiger partial charge in [0.05, 0.1) is 30.3 Å². The molecule has 0 radical (unpaired) electrons. The summed E-state index contributed by atoms with van der Waals surface area (Å²) in [6.45, 7) is 11.4. The minimum atomic E-state index is -2.75. The Hall–Kier alpha value is -4.29. The molecule has 2 bridgehead atoms. The third kappa shape index (κ3) is 6.91. The molecule has 314 valence electrons. The lowest BCUT2D eigenvalue weighted by molar-refractivity contribution is -0.346. The molecule has 6 rings (SSSR count). The van der Waals surface area contributed by atoms with E-state index in [1.165, 1.54) is 27.7 Å². The number of benzene rings is 2. The number of fused-ring (bicyclic) bond motifs is 5. The molecule has 6 N–H and O–H groups in total. The van der Waals surface area contributed by atoms with Gasteiger partial charge in [-0.1, -0.05) is 56.3 Å². The number of esters is 3. The van der Waals surface area contributed by atoms with Gasteiger partial charge < -0.3 is 49.5 Å². The van der Waals surface area contributed by atoms with Crippen LogP contribution < -0.4 is 10.5 Å². The lowest BCUT2D eigenvalue weighted by Crippen LogP contribution is -2.81. The number of carbonyl (C=O) groups excluding carboxylic acids is 5. The molecule has 1 aliphatic heterocycles. The highest BCUT2D eigenvalue weighted by molar-refractivity contribution is 6.83. The van der Waals surface area contributed by atoms with Crippen molar-refractivity contribution in [3.63, 3.8) is 0 Å². The molecule has 1 amide bonds. The number of carbonyl (C=O) groups is 5. The van der Waals surface area contributed by atoms with Crippen molar-refractivity contribution in [1.82, 2.24) is 5.32 Å². The van der Waals surface area contributed by atoms with Gasteiger partial charge in [0.2, 0.25) is 8.32 Å². The van der Waals surface area contributed by atoms with Gasteiger partial charge in [-0.25, -0.2) is 4.79 Å². The van der Waals surface area contributed by atoms with Gasteiger partial charge in [-0.05, 0) is 61.0 Å². The van der Waals surface area contributed by atoms with Crippen LogP contribution in [0.15, 0.2) is 65.7 Å². The zero-order chi connectivity index (χ0) is 42.9. The quantitative estimate of drug-likeness (QED) is 0.0905. The van der Waals surface area contributed by atoms with E-state index in [0.717, 1.165) is 13.8 Å². The number of ether oxygens (including phenoxy) is 4. The van der Waals surface area contributed by atoms with E-state index in [4.69, 9.17) is 18.9 Å². The third-order valence-electron chi connectivity index (χ3n) is 13.1. The number of nitrogens with one attached hydrogen (secondary N) is 1. The maximum atomic E-state index is 15.0. The Kier molecular flexibility index (Phi) is 11.2. The summed E-state index contributed by atoms with van der Waals surface area (Å²) in [5.41, 5.74) is -6.88. The van der Waals surface area contributed by atoms with Crippen LogP contribution in [0, 0.1) is 16.7 Å². The van der Waals surface area contributed by atoms with Crippen molar-refractivity contribution < 1.29 is 68.1 Å². The molecule has 2 aromatic carbocycles. The second-order valence-electron chi connectivity index (χ2n) is 17.4. The summed E-state index contributed by atoms with van der Waals surface area (Å²) in [4.78, 5) is 78.7. The number of aliphatic hydroxyl groups excluding tert-OH is 3. The molecule has 58 heavy (non-hydrogen) atoms. The van der Waals surface area contributed by atoms with Crippen LogP contribution in [0.2, 0.25) is 13.1 Å². The lowest BCUT2D eigenvalue weighted by atomic mass is 9.44. The average Bonchev–Trinajstić information content (AvgIpc) is 3.14. The van der Waals surface area contributed by atoms with Crippen molar-refractivity contribution in [2.75, 3.05) is 6.61 Å². The highest BCUT2D eigenvalue weighted by atomic mass is 28.4. The summed E-state index contributed by atoms with van der Waals surface area (Å²) in [5, 5.41) is 52.4. The molecule has 0 aromatic heterocycles. The third-order valence-corrected chi connectivity index (χ3v) is 14.8. The van der Waals surface area contributed by atoms with Gasteiger partial charge in [0.25, 0.3) is 5.91 Å². The van der Waals surface area contributed by atoms with Crippen molar-refractivity contribution in [2.24, 2.45) is 16.7 Å². The van der Waals surface area contributed by atoms with Gasteiger partial charge in [0.15, 0.2) is 23.6 Å². The number of aliphatic hydroxyl groups is 4. The Bertz CT molecular complexity index is 2010. The van der Waals surface area contributed by atoms with E-state index in [-0.39, 0.29) is 29.7 Å². The Morgan fingerprint density at radius 2 is 1.57 bits per heavy atom. The zero-order valence-corrected chi connectivity index (χ0v) is 34.8. The van der Waals surface area contributed by atoms with E-state index in [0.29, 0.717) is 10.8 Å². The molecule has 2 aromatic rings. The minimum absolute atomic E-state index is 0.00786.